The highest BCUT2D eigenvalue weighted by atomic mass is 16.6. The van der Waals surface area contributed by atoms with Gasteiger partial charge in [-0.05, 0) is 32.6 Å². The van der Waals surface area contributed by atoms with Crippen LogP contribution in [0.15, 0.2) is 0 Å². The third-order valence-electron chi connectivity index (χ3n) is 4.84. The third kappa shape index (κ3) is 5.37. The number of terminal acetylenes is 1. The Balaban J connectivity index is 1.69. The topological polar surface area (TPSA) is 62.2 Å². The van der Waals surface area contributed by atoms with Crippen LogP contribution in [0.5, 0.6) is 0 Å². The van der Waals surface area contributed by atoms with E-state index >= 15 is 0 Å². The van der Waals surface area contributed by atoms with Crippen LogP contribution in [0.3, 0.4) is 0 Å². The summed E-state index contributed by atoms with van der Waals surface area (Å²) in [5, 5.41) is 10.3. The highest BCUT2D eigenvalue weighted by molar-refractivity contribution is 5.67. The molecule has 2 rings (SSSR count). The number of amides is 1. The normalized spacial score (nSPS) is 22.6. The molecule has 2 aliphatic rings. The molecule has 1 aliphatic carbocycles. The summed E-state index contributed by atoms with van der Waals surface area (Å²) in [6, 6.07) is 0. The van der Waals surface area contributed by atoms with Gasteiger partial charge in [-0.1, -0.05) is 12.3 Å². The summed E-state index contributed by atoms with van der Waals surface area (Å²) in [7, 11) is 0. The molecule has 0 aromatic rings. The molecule has 1 saturated heterocycles. The Labute approximate surface area is 145 Å². The highest BCUT2D eigenvalue weighted by Crippen LogP contribution is 2.31. The molecule has 6 heteroatoms. The molecule has 1 heterocycles. The molecule has 0 unspecified atom stereocenters. The molecule has 136 valence electrons. The SMILES string of the molecule is C#CC1(OC[C@H](O)CN2CCN(C(=O)OCC)CC2)CCCCC1. The van der Waals surface area contributed by atoms with Crippen LogP contribution in [0.4, 0.5) is 4.79 Å². The number of aliphatic hydroxyl groups is 1. The van der Waals surface area contributed by atoms with Gasteiger partial charge in [0.2, 0.25) is 0 Å². The van der Waals surface area contributed by atoms with Gasteiger partial charge >= 0.3 is 6.09 Å². The third-order valence-corrected chi connectivity index (χ3v) is 4.84. The molecule has 0 spiro atoms. The maximum atomic E-state index is 11.7. The molecule has 2 fully saturated rings. The Morgan fingerprint density at radius 1 is 1.25 bits per heavy atom. The molecule has 1 N–H and O–H groups in total. The number of rotatable bonds is 6. The molecular formula is C18H30N2O4. The number of nitrogens with zero attached hydrogens (tertiary/aromatic N) is 2. The zero-order chi connectivity index (χ0) is 17.4. The van der Waals surface area contributed by atoms with Gasteiger partial charge in [-0.15, -0.1) is 6.42 Å². The van der Waals surface area contributed by atoms with Crippen molar-refractivity contribution in [3.63, 3.8) is 0 Å². The van der Waals surface area contributed by atoms with Gasteiger partial charge in [-0.2, -0.15) is 0 Å². The molecule has 1 saturated carbocycles. The average molecular weight is 338 g/mol. The van der Waals surface area contributed by atoms with Gasteiger partial charge < -0.3 is 19.5 Å². The highest BCUT2D eigenvalue weighted by Gasteiger charge is 2.32. The minimum Gasteiger partial charge on any atom is -0.450 e. The molecule has 1 amide bonds. The summed E-state index contributed by atoms with van der Waals surface area (Å²) < 4.78 is 10.9. The predicted molar refractivity (Wildman–Crippen MR) is 91.6 cm³/mol. The lowest BCUT2D eigenvalue weighted by Gasteiger charge is -2.36. The standard InChI is InChI=1S/C18H30N2O4/c1-3-18(8-6-5-7-9-18)24-15-16(21)14-19-10-12-20(13-11-19)17(22)23-4-2/h1,16,21H,4-15H2,2H3/t16-/m1/s1. The summed E-state index contributed by atoms with van der Waals surface area (Å²) in [6.45, 7) is 5.72. The van der Waals surface area contributed by atoms with E-state index in [1.54, 1.807) is 11.8 Å². The van der Waals surface area contributed by atoms with Crippen LogP contribution in [0.1, 0.15) is 39.0 Å². The minimum atomic E-state index is -0.564. The Hall–Kier alpha value is -1.29. The smallest absolute Gasteiger partial charge is 0.409 e. The maximum absolute atomic E-state index is 11.7. The van der Waals surface area contributed by atoms with Crippen molar-refractivity contribution in [2.24, 2.45) is 0 Å². The lowest BCUT2D eigenvalue weighted by Crippen LogP contribution is -2.51. The van der Waals surface area contributed by atoms with Crippen LogP contribution in [0.25, 0.3) is 0 Å². The van der Waals surface area contributed by atoms with Crippen molar-refractivity contribution >= 4 is 6.09 Å². The van der Waals surface area contributed by atoms with Gasteiger partial charge in [-0.3, -0.25) is 4.90 Å². The number of carbonyl (C=O) groups is 1. The van der Waals surface area contributed by atoms with Gasteiger partial charge in [0.05, 0.1) is 19.3 Å². The summed E-state index contributed by atoms with van der Waals surface area (Å²) in [6.07, 6.45) is 10.0. The molecule has 0 bridgehead atoms. The van der Waals surface area contributed by atoms with E-state index in [0.29, 0.717) is 26.2 Å². The molecule has 1 aliphatic heterocycles. The van der Waals surface area contributed by atoms with Crippen molar-refractivity contribution in [2.75, 3.05) is 45.9 Å². The van der Waals surface area contributed by atoms with E-state index in [0.717, 1.165) is 38.8 Å². The first-order chi connectivity index (χ1) is 11.6. The van der Waals surface area contributed by atoms with Crippen LogP contribution in [0, 0.1) is 12.3 Å². The van der Waals surface area contributed by atoms with Gasteiger partial charge in [0.15, 0.2) is 0 Å². The fourth-order valence-corrected chi connectivity index (χ4v) is 3.39. The van der Waals surface area contributed by atoms with E-state index in [-0.39, 0.29) is 12.7 Å². The van der Waals surface area contributed by atoms with E-state index in [2.05, 4.69) is 10.8 Å². The van der Waals surface area contributed by atoms with Crippen LogP contribution in [0.2, 0.25) is 0 Å². The van der Waals surface area contributed by atoms with Crippen molar-refractivity contribution < 1.29 is 19.4 Å². The number of hydrogen-bond donors (Lipinski definition) is 1. The number of ether oxygens (including phenoxy) is 2. The quantitative estimate of drug-likeness (QED) is 0.743. The first kappa shape index (κ1) is 19.0. The second kappa shape index (κ2) is 9.26. The number of piperazine rings is 1. The van der Waals surface area contributed by atoms with Crippen molar-refractivity contribution in [3.05, 3.63) is 0 Å². The number of aliphatic hydroxyl groups excluding tert-OH is 1. The van der Waals surface area contributed by atoms with Crippen LogP contribution in [-0.2, 0) is 9.47 Å². The molecular weight excluding hydrogens is 308 g/mol. The summed E-state index contributed by atoms with van der Waals surface area (Å²) in [5.74, 6) is 2.80. The van der Waals surface area contributed by atoms with E-state index in [9.17, 15) is 9.90 Å². The van der Waals surface area contributed by atoms with E-state index < -0.39 is 11.7 Å². The van der Waals surface area contributed by atoms with Gasteiger partial charge in [0.1, 0.15) is 5.60 Å². The molecule has 0 aromatic heterocycles. The molecule has 1 atom stereocenters. The lowest BCUT2D eigenvalue weighted by molar-refractivity contribution is -0.0713. The maximum Gasteiger partial charge on any atom is 0.409 e. The Kier molecular flexibility index (Phi) is 7.35. The van der Waals surface area contributed by atoms with Crippen molar-refractivity contribution in [3.8, 4) is 12.3 Å². The zero-order valence-electron chi connectivity index (χ0n) is 14.7. The molecule has 6 nitrogen and oxygen atoms in total. The van der Waals surface area contributed by atoms with E-state index in [4.69, 9.17) is 15.9 Å². The number of β-amino-alcohol motifs (C(OH)–C–C–N with tert-alkyl or cyclic N) is 1. The van der Waals surface area contributed by atoms with Gasteiger partial charge in [0, 0.05) is 32.7 Å². The second-order valence-electron chi connectivity index (χ2n) is 6.65. The lowest BCUT2D eigenvalue weighted by atomic mass is 9.85. The molecule has 24 heavy (non-hydrogen) atoms. The fraction of sp³-hybridized carbons (Fsp3) is 0.833. The van der Waals surface area contributed by atoms with Crippen molar-refractivity contribution in [1.29, 1.82) is 0 Å². The van der Waals surface area contributed by atoms with Crippen molar-refractivity contribution in [1.82, 2.24) is 9.80 Å². The average Bonchev–Trinajstić information content (AvgIpc) is 2.61. The van der Waals surface area contributed by atoms with Crippen LogP contribution < -0.4 is 0 Å². The predicted octanol–water partition coefficient (Wildman–Crippen LogP) is 1.47. The minimum absolute atomic E-state index is 0.255. The molecule has 0 aromatic carbocycles. The largest absolute Gasteiger partial charge is 0.450 e. The van der Waals surface area contributed by atoms with Crippen LogP contribution in [-0.4, -0.2) is 78.6 Å². The first-order valence-electron chi connectivity index (χ1n) is 9.02. The summed E-state index contributed by atoms with van der Waals surface area (Å²) in [4.78, 5) is 15.5. The Bertz CT molecular complexity index is 435. The van der Waals surface area contributed by atoms with Gasteiger partial charge in [0.25, 0.3) is 0 Å². The zero-order valence-corrected chi connectivity index (χ0v) is 14.7. The summed E-state index contributed by atoms with van der Waals surface area (Å²) >= 11 is 0. The van der Waals surface area contributed by atoms with Crippen molar-refractivity contribution in [2.45, 2.75) is 50.7 Å². The fourth-order valence-electron chi connectivity index (χ4n) is 3.39. The second-order valence-corrected chi connectivity index (χ2v) is 6.65. The number of carbonyl (C=O) groups excluding carboxylic acids is 1. The van der Waals surface area contributed by atoms with E-state index in [1.165, 1.54) is 6.42 Å². The summed E-state index contributed by atoms with van der Waals surface area (Å²) in [5.41, 5.74) is -0.484. The first-order valence-corrected chi connectivity index (χ1v) is 9.02. The number of hydrogen-bond acceptors (Lipinski definition) is 5. The Morgan fingerprint density at radius 2 is 1.92 bits per heavy atom. The van der Waals surface area contributed by atoms with Crippen LogP contribution >= 0.6 is 0 Å². The van der Waals surface area contributed by atoms with Gasteiger partial charge in [-0.25, -0.2) is 4.79 Å². The van der Waals surface area contributed by atoms with E-state index in [1.807, 2.05) is 0 Å². The monoisotopic (exact) mass is 338 g/mol. The molecule has 0 radical (unpaired) electrons. The Morgan fingerprint density at radius 3 is 2.50 bits per heavy atom.